The first-order chi connectivity index (χ1) is 9.12. The molecule has 0 aliphatic carbocycles. The van der Waals surface area contributed by atoms with Crippen LogP contribution in [0.3, 0.4) is 0 Å². The summed E-state index contributed by atoms with van der Waals surface area (Å²) in [6.45, 7) is 5.57. The zero-order valence-corrected chi connectivity index (χ0v) is 12.9. The number of hydrogen-bond acceptors (Lipinski definition) is 3. The fourth-order valence-electron chi connectivity index (χ4n) is 2.30. The highest BCUT2D eigenvalue weighted by Crippen LogP contribution is 2.20. The molecule has 2 atom stereocenters. The van der Waals surface area contributed by atoms with Gasteiger partial charge in [0.15, 0.2) is 0 Å². The molecule has 1 aromatic carbocycles. The molecule has 0 aliphatic heterocycles. The van der Waals surface area contributed by atoms with Crippen LogP contribution in [0.15, 0.2) is 24.3 Å². The number of ether oxygens (including phenoxy) is 1. The summed E-state index contributed by atoms with van der Waals surface area (Å²) in [5.41, 5.74) is 1.28. The Morgan fingerprint density at radius 1 is 1.32 bits per heavy atom. The molecule has 0 heterocycles. The Balaban J connectivity index is 2.60. The molecule has 3 nitrogen and oxygen atoms in total. The number of rotatable bonds is 8. The SMILES string of the molecule is CCC(CN(C)C(C)Cc1ccccc1OC)NC. The molecular formula is C16H28N2O. The zero-order valence-electron chi connectivity index (χ0n) is 12.9. The summed E-state index contributed by atoms with van der Waals surface area (Å²) in [5, 5.41) is 3.36. The van der Waals surface area contributed by atoms with Gasteiger partial charge in [0.1, 0.15) is 5.75 Å². The van der Waals surface area contributed by atoms with Gasteiger partial charge in [-0.1, -0.05) is 25.1 Å². The van der Waals surface area contributed by atoms with Crippen LogP contribution in [0.1, 0.15) is 25.8 Å². The van der Waals surface area contributed by atoms with E-state index >= 15 is 0 Å². The molecule has 0 aliphatic rings. The van der Waals surface area contributed by atoms with Crippen LogP contribution >= 0.6 is 0 Å². The van der Waals surface area contributed by atoms with Crippen molar-refractivity contribution in [2.75, 3.05) is 27.7 Å². The molecule has 0 saturated heterocycles. The van der Waals surface area contributed by atoms with E-state index in [-0.39, 0.29) is 0 Å². The number of nitrogens with zero attached hydrogens (tertiary/aromatic N) is 1. The molecule has 3 heteroatoms. The summed E-state index contributed by atoms with van der Waals surface area (Å²) in [6.07, 6.45) is 2.17. The number of benzene rings is 1. The highest BCUT2D eigenvalue weighted by molar-refractivity contribution is 5.33. The maximum atomic E-state index is 5.42. The topological polar surface area (TPSA) is 24.5 Å². The zero-order chi connectivity index (χ0) is 14.3. The molecule has 1 rings (SSSR count). The minimum absolute atomic E-state index is 0.499. The largest absolute Gasteiger partial charge is 0.496 e. The smallest absolute Gasteiger partial charge is 0.122 e. The highest BCUT2D eigenvalue weighted by atomic mass is 16.5. The molecule has 108 valence electrons. The molecule has 0 spiro atoms. The summed E-state index contributed by atoms with van der Waals surface area (Å²) in [7, 11) is 5.97. The third-order valence-corrected chi connectivity index (χ3v) is 3.87. The van der Waals surface area contributed by atoms with Crippen molar-refractivity contribution in [3.05, 3.63) is 29.8 Å². The Bertz CT molecular complexity index is 364. The summed E-state index contributed by atoms with van der Waals surface area (Å²) >= 11 is 0. The van der Waals surface area contributed by atoms with Gasteiger partial charge in [0.2, 0.25) is 0 Å². The maximum absolute atomic E-state index is 5.42. The Kier molecular flexibility index (Phi) is 6.89. The van der Waals surface area contributed by atoms with Crippen molar-refractivity contribution in [1.82, 2.24) is 10.2 Å². The van der Waals surface area contributed by atoms with Crippen LogP contribution < -0.4 is 10.1 Å². The van der Waals surface area contributed by atoms with Crippen LogP contribution in [0.4, 0.5) is 0 Å². The van der Waals surface area contributed by atoms with Gasteiger partial charge in [-0.05, 0) is 45.5 Å². The molecule has 0 fully saturated rings. The van der Waals surface area contributed by atoms with E-state index in [1.807, 2.05) is 19.2 Å². The van der Waals surface area contributed by atoms with Crippen molar-refractivity contribution >= 4 is 0 Å². The van der Waals surface area contributed by atoms with Gasteiger partial charge in [-0.2, -0.15) is 0 Å². The van der Waals surface area contributed by atoms with Gasteiger partial charge in [0.25, 0.3) is 0 Å². The van der Waals surface area contributed by atoms with E-state index in [0.29, 0.717) is 12.1 Å². The first-order valence-corrected chi connectivity index (χ1v) is 7.11. The molecule has 0 saturated carbocycles. The number of methoxy groups -OCH3 is 1. The van der Waals surface area contributed by atoms with Crippen molar-refractivity contribution in [1.29, 1.82) is 0 Å². The third-order valence-electron chi connectivity index (χ3n) is 3.87. The molecule has 0 radical (unpaired) electrons. The average Bonchev–Trinajstić information content (AvgIpc) is 2.44. The molecular weight excluding hydrogens is 236 g/mol. The molecule has 19 heavy (non-hydrogen) atoms. The quantitative estimate of drug-likeness (QED) is 0.781. The van der Waals surface area contributed by atoms with E-state index in [1.165, 1.54) is 5.56 Å². The number of para-hydroxylation sites is 1. The van der Waals surface area contributed by atoms with Gasteiger partial charge in [-0.25, -0.2) is 0 Å². The Morgan fingerprint density at radius 3 is 2.58 bits per heavy atom. The fourth-order valence-corrected chi connectivity index (χ4v) is 2.30. The molecule has 0 amide bonds. The first-order valence-electron chi connectivity index (χ1n) is 7.11. The summed E-state index contributed by atoms with van der Waals surface area (Å²) in [4.78, 5) is 2.41. The second kappa shape index (κ2) is 8.18. The van der Waals surface area contributed by atoms with Crippen LogP contribution in [0.5, 0.6) is 5.75 Å². The summed E-state index contributed by atoms with van der Waals surface area (Å²) in [6, 6.07) is 9.34. The van der Waals surface area contributed by atoms with E-state index in [0.717, 1.165) is 25.1 Å². The lowest BCUT2D eigenvalue weighted by Crippen LogP contribution is -2.41. The van der Waals surface area contributed by atoms with Gasteiger partial charge in [-0.3, -0.25) is 0 Å². The van der Waals surface area contributed by atoms with Crippen molar-refractivity contribution < 1.29 is 4.74 Å². The normalized spacial score (nSPS) is 14.4. The van der Waals surface area contributed by atoms with Gasteiger partial charge >= 0.3 is 0 Å². The van der Waals surface area contributed by atoms with Crippen molar-refractivity contribution in [3.63, 3.8) is 0 Å². The van der Waals surface area contributed by atoms with Crippen LogP contribution in [-0.2, 0) is 6.42 Å². The van der Waals surface area contributed by atoms with Crippen molar-refractivity contribution in [2.45, 2.75) is 38.8 Å². The first kappa shape index (κ1) is 16.0. The molecule has 0 bridgehead atoms. The lowest BCUT2D eigenvalue weighted by atomic mass is 10.0. The molecule has 1 N–H and O–H groups in total. The lowest BCUT2D eigenvalue weighted by molar-refractivity contribution is 0.227. The monoisotopic (exact) mass is 264 g/mol. The lowest BCUT2D eigenvalue weighted by Gasteiger charge is -2.29. The van der Waals surface area contributed by atoms with Gasteiger partial charge < -0.3 is 15.0 Å². The van der Waals surface area contributed by atoms with Gasteiger partial charge in [0.05, 0.1) is 7.11 Å². The van der Waals surface area contributed by atoms with Gasteiger partial charge in [0, 0.05) is 18.6 Å². The third kappa shape index (κ3) is 4.84. The van der Waals surface area contributed by atoms with Gasteiger partial charge in [-0.15, -0.1) is 0 Å². The van der Waals surface area contributed by atoms with E-state index < -0.39 is 0 Å². The Labute approximate surface area is 118 Å². The highest BCUT2D eigenvalue weighted by Gasteiger charge is 2.15. The number of nitrogens with one attached hydrogen (secondary N) is 1. The molecule has 2 unspecified atom stereocenters. The minimum Gasteiger partial charge on any atom is -0.496 e. The maximum Gasteiger partial charge on any atom is 0.122 e. The predicted octanol–water partition coefficient (Wildman–Crippen LogP) is 2.56. The summed E-state index contributed by atoms with van der Waals surface area (Å²) in [5.74, 6) is 0.989. The molecule has 0 aromatic heterocycles. The number of hydrogen-bond donors (Lipinski definition) is 1. The van der Waals surface area contributed by atoms with E-state index in [9.17, 15) is 0 Å². The van der Waals surface area contributed by atoms with Crippen LogP contribution in [0.25, 0.3) is 0 Å². The van der Waals surface area contributed by atoms with Crippen LogP contribution in [0.2, 0.25) is 0 Å². The minimum atomic E-state index is 0.499. The standard InChI is InChI=1S/C16H28N2O/c1-6-15(17-3)12-18(4)13(2)11-14-9-7-8-10-16(14)19-5/h7-10,13,15,17H,6,11-12H2,1-5H3. The Morgan fingerprint density at radius 2 is 2.00 bits per heavy atom. The summed E-state index contributed by atoms with van der Waals surface area (Å²) < 4.78 is 5.42. The van der Waals surface area contributed by atoms with Crippen molar-refractivity contribution in [2.24, 2.45) is 0 Å². The average molecular weight is 264 g/mol. The van der Waals surface area contributed by atoms with Crippen LogP contribution in [0, 0.1) is 0 Å². The van der Waals surface area contributed by atoms with Crippen LogP contribution in [-0.4, -0.2) is 44.7 Å². The second-order valence-electron chi connectivity index (χ2n) is 5.20. The Hall–Kier alpha value is -1.06. The fraction of sp³-hybridized carbons (Fsp3) is 0.625. The molecule has 1 aromatic rings. The van der Waals surface area contributed by atoms with E-state index in [2.05, 4.69) is 43.2 Å². The second-order valence-corrected chi connectivity index (χ2v) is 5.20. The number of likely N-dealkylation sites (N-methyl/N-ethyl adjacent to an activating group) is 2. The van der Waals surface area contributed by atoms with E-state index in [4.69, 9.17) is 4.74 Å². The predicted molar refractivity (Wildman–Crippen MR) is 81.9 cm³/mol. The van der Waals surface area contributed by atoms with E-state index in [1.54, 1.807) is 7.11 Å². The van der Waals surface area contributed by atoms with Crippen molar-refractivity contribution in [3.8, 4) is 5.75 Å².